The van der Waals surface area contributed by atoms with Crippen LogP contribution in [0, 0.1) is 5.82 Å². The Morgan fingerprint density at radius 2 is 1.82 bits per heavy atom. The molecule has 0 atom stereocenters. The summed E-state index contributed by atoms with van der Waals surface area (Å²) in [5, 5.41) is 3.98. The van der Waals surface area contributed by atoms with Crippen LogP contribution >= 0.6 is 27.5 Å². The van der Waals surface area contributed by atoms with Gasteiger partial charge in [0.05, 0.1) is 11.6 Å². The van der Waals surface area contributed by atoms with Gasteiger partial charge in [-0.1, -0.05) is 35.9 Å². The molecule has 0 amide bonds. The third-order valence-electron chi connectivity index (χ3n) is 4.07. The smallest absolute Gasteiger partial charge is 0.161 e. The summed E-state index contributed by atoms with van der Waals surface area (Å²) in [4.78, 5) is 0. The SMILES string of the molecule is CCOc1cc(CNc2ccc(Br)c(Cl)c2)ccc1OCc1ccccc1F. The van der Waals surface area contributed by atoms with Crippen LogP contribution in [0.3, 0.4) is 0 Å². The van der Waals surface area contributed by atoms with Crippen molar-refractivity contribution in [2.24, 2.45) is 0 Å². The van der Waals surface area contributed by atoms with Crippen LogP contribution in [0.15, 0.2) is 65.1 Å². The first-order valence-corrected chi connectivity index (χ1v) is 10.0. The fraction of sp³-hybridized carbons (Fsp3) is 0.182. The molecule has 0 spiro atoms. The number of hydrogen-bond donors (Lipinski definition) is 1. The van der Waals surface area contributed by atoms with Gasteiger partial charge in [-0.05, 0) is 64.8 Å². The normalized spacial score (nSPS) is 10.6. The zero-order valence-electron chi connectivity index (χ0n) is 15.3. The van der Waals surface area contributed by atoms with E-state index in [0.29, 0.717) is 35.2 Å². The fourth-order valence-electron chi connectivity index (χ4n) is 2.63. The largest absolute Gasteiger partial charge is 0.490 e. The Morgan fingerprint density at radius 1 is 1.00 bits per heavy atom. The molecular weight excluding hydrogens is 445 g/mol. The Kier molecular flexibility index (Phi) is 7.18. The molecule has 3 aromatic carbocycles. The van der Waals surface area contributed by atoms with Gasteiger partial charge >= 0.3 is 0 Å². The molecule has 146 valence electrons. The van der Waals surface area contributed by atoms with Crippen molar-refractivity contribution in [3.05, 3.63) is 87.1 Å². The lowest BCUT2D eigenvalue weighted by Crippen LogP contribution is -2.04. The fourth-order valence-corrected chi connectivity index (χ4v) is 3.06. The predicted octanol–water partition coefficient (Wildman–Crippen LogP) is 6.83. The predicted molar refractivity (Wildman–Crippen MR) is 115 cm³/mol. The van der Waals surface area contributed by atoms with Crippen LogP contribution in [0.25, 0.3) is 0 Å². The van der Waals surface area contributed by atoms with Crippen molar-refractivity contribution in [3.63, 3.8) is 0 Å². The van der Waals surface area contributed by atoms with E-state index in [1.54, 1.807) is 18.2 Å². The number of ether oxygens (including phenoxy) is 2. The van der Waals surface area contributed by atoms with Gasteiger partial charge in [-0.15, -0.1) is 0 Å². The Hall–Kier alpha value is -2.24. The molecule has 0 aliphatic heterocycles. The molecule has 3 rings (SSSR count). The number of rotatable bonds is 8. The molecule has 0 saturated heterocycles. The third-order valence-corrected chi connectivity index (χ3v) is 5.30. The molecule has 3 nitrogen and oxygen atoms in total. The summed E-state index contributed by atoms with van der Waals surface area (Å²) in [6.45, 7) is 3.16. The number of anilines is 1. The number of halogens is 3. The van der Waals surface area contributed by atoms with Crippen molar-refractivity contribution in [2.45, 2.75) is 20.1 Å². The van der Waals surface area contributed by atoms with Crippen molar-refractivity contribution >= 4 is 33.2 Å². The Labute approximate surface area is 177 Å². The lowest BCUT2D eigenvalue weighted by atomic mass is 10.2. The lowest BCUT2D eigenvalue weighted by Gasteiger charge is -2.14. The average molecular weight is 465 g/mol. The van der Waals surface area contributed by atoms with Gasteiger partial charge in [-0.3, -0.25) is 0 Å². The van der Waals surface area contributed by atoms with Crippen LogP contribution < -0.4 is 14.8 Å². The van der Waals surface area contributed by atoms with E-state index in [0.717, 1.165) is 15.7 Å². The van der Waals surface area contributed by atoms with Gasteiger partial charge in [0, 0.05) is 22.3 Å². The summed E-state index contributed by atoms with van der Waals surface area (Å²) >= 11 is 9.51. The second kappa shape index (κ2) is 9.80. The zero-order chi connectivity index (χ0) is 19.9. The van der Waals surface area contributed by atoms with E-state index < -0.39 is 0 Å². The minimum Gasteiger partial charge on any atom is -0.490 e. The van der Waals surface area contributed by atoms with Crippen molar-refractivity contribution < 1.29 is 13.9 Å². The second-order valence-corrected chi connectivity index (χ2v) is 7.34. The number of benzene rings is 3. The van der Waals surface area contributed by atoms with Gasteiger partial charge in [-0.25, -0.2) is 4.39 Å². The first kappa shape index (κ1) is 20.5. The Bertz CT molecular complexity index is 952. The van der Waals surface area contributed by atoms with E-state index in [1.165, 1.54) is 6.07 Å². The highest BCUT2D eigenvalue weighted by molar-refractivity contribution is 9.10. The van der Waals surface area contributed by atoms with Gasteiger partial charge in [0.15, 0.2) is 11.5 Å². The minimum absolute atomic E-state index is 0.141. The first-order valence-electron chi connectivity index (χ1n) is 8.87. The summed E-state index contributed by atoms with van der Waals surface area (Å²) < 4.78 is 26.1. The van der Waals surface area contributed by atoms with Crippen LogP contribution in [0.5, 0.6) is 11.5 Å². The highest BCUT2D eigenvalue weighted by Gasteiger charge is 2.09. The maximum Gasteiger partial charge on any atom is 0.161 e. The van der Waals surface area contributed by atoms with Gasteiger partial charge in [0.2, 0.25) is 0 Å². The molecule has 0 unspecified atom stereocenters. The molecule has 0 aliphatic rings. The van der Waals surface area contributed by atoms with E-state index in [9.17, 15) is 4.39 Å². The summed E-state index contributed by atoms with van der Waals surface area (Å²) in [5.74, 6) is 0.932. The molecule has 6 heteroatoms. The molecule has 0 heterocycles. The number of nitrogens with one attached hydrogen (secondary N) is 1. The standard InChI is InChI=1S/C22H20BrClFNO2/c1-2-27-22-11-15(13-26-17-8-9-18(23)19(24)12-17)7-10-21(22)28-14-16-5-3-4-6-20(16)25/h3-12,26H,2,13-14H2,1H3. The topological polar surface area (TPSA) is 30.5 Å². The summed E-state index contributed by atoms with van der Waals surface area (Å²) in [7, 11) is 0. The first-order chi connectivity index (χ1) is 13.6. The quantitative estimate of drug-likeness (QED) is 0.396. The highest BCUT2D eigenvalue weighted by Crippen LogP contribution is 2.30. The molecule has 0 aromatic heterocycles. The van der Waals surface area contributed by atoms with Gasteiger partial charge in [0.1, 0.15) is 12.4 Å². The molecule has 0 radical (unpaired) electrons. The summed E-state index contributed by atoms with van der Waals surface area (Å²) in [5.41, 5.74) is 2.45. The zero-order valence-corrected chi connectivity index (χ0v) is 17.7. The van der Waals surface area contributed by atoms with Crippen LogP contribution in [0.2, 0.25) is 5.02 Å². The third kappa shape index (κ3) is 5.40. The molecule has 3 aromatic rings. The van der Waals surface area contributed by atoms with Crippen molar-refractivity contribution in [3.8, 4) is 11.5 Å². The summed E-state index contributed by atoms with van der Waals surface area (Å²) in [6.07, 6.45) is 0. The second-order valence-electron chi connectivity index (χ2n) is 6.08. The van der Waals surface area contributed by atoms with Crippen molar-refractivity contribution in [1.82, 2.24) is 0 Å². The number of hydrogen-bond acceptors (Lipinski definition) is 3. The lowest BCUT2D eigenvalue weighted by molar-refractivity contribution is 0.265. The Morgan fingerprint density at radius 3 is 2.57 bits per heavy atom. The molecule has 0 saturated carbocycles. The molecular formula is C22H20BrClFNO2. The van der Waals surface area contributed by atoms with E-state index in [1.807, 2.05) is 43.3 Å². The van der Waals surface area contributed by atoms with Crippen molar-refractivity contribution in [1.29, 1.82) is 0 Å². The summed E-state index contributed by atoms with van der Waals surface area (Å²) in [6, 6.07) is 18.0. The molecule has 1 N–H and O–H groups in total. The van der Waals surface area contributed by atoms with Gasteiger partial charge in [0.25, 0.3) is 0 Å². The van der Waals surface area contributed by atoms with Crippen LogP contribution in [0.4, 0.5) is 10.1 Å². The maximum atomic E-state index is 13.8. The monoisotopic (exact) mass is 463 g/mol. The maximum absolute atomic E-state index is 13.8. The van der Waals surface area contributed by atoms with Crippen molar-refractivity contribution in [2.75, 3.05) is 11.9 Å². The van der Waals surface area contributed by atoms with Crippen LogP contribution in [-0.4, -0.2) is 6.61 Å². The minimum atomic E-state index is -0.283. The molecule has 0 aliphatic carbocycles. The Balaban J connectivity index is 1.69. The highest BCUT2D eigenvalue weighted by atomic mass is 79.9. The van der Waals surface area contributed by atoms with Gasteiger partial charge < -0.3 is 14.8 Å². The van der Waals surface area contributed by atoms with Gasteiger partial charge in [-0.2, -0.15) is 0 Å². The van der Waals surface area contributed by atoms with Crippen LogP contribution in [-0.2, 0) is 13.2 Å². The van der Waals surface area contributed by atoms with E-state index in [4.69, 9.17) is 21.1 Å². The average Bonchev–Trinajstić information content (AvgIpc) is 2.69. The van der Waals surface area contributed by atoms with E-state index in [2.05, 4.69) is 21.2 Å². The molecule has 0 fully saturated rings. The van der Waals surface area contributed by atoms with Crippen LogP contribution in [0.1, 0.15) is 18.1 Å². The molecule has 0 bridgehead atoms. The van der Waals surface area contributed by atoms with E-state index >= 15 is 0 Å². The molecule has 28 heavy (non-hydrogen) atoms. The van der Waals surface area contributed by atoms with E-state index in [-0.39, 0.29) is 12.4 Å².